The predicted octanol–water partition coefficient (Wildman–Crippen LogP) is 1.59. The second-order valence-electron chi connectivity index (χ2n) is 3.85. The van der Waals surface area contributed by atoms with Gasteiger partial charge in [-0.25, -0.2) is 9.97 Å². The minimum atomic E-state index is 0.0402. The zero-order chi connectivity index (χ0) is 13.1. The number of hydrogen-bond donors (Lipinski definition) is 3. The molecule has 0 unspecified atom stereocenters. The molecule has 0 bridgehead atoms. The van der Waals surface area contributed by atoms with Crippen molar-refractivity contribution < 1.29 is 5.11 Å². The summed E-state index contributed by atoms with van der Waals surface area (Å²) in [7, 11) is 0. The molecular weight excluding hydrogens is 248 g/mol. The molecule has 5 nitrogen and oxygen atoms in total. The molecule has 2 aromatic rings. The normalized spacial score (nSPS) is 10.6. The van der Waals surface area contributed by atoms with Gasteiger partial charge in [0.1, 0.15) is 11.6 Å². The van der Waals surface area contributed by atoms with E-state index in [-0.39, 0.29) is 6.61 Å². The van der Waals surface area contributed by atoms with Gasteiger partial charge in [-0.2, -0.15) is 0 Å². The number of nitrogen functional groups attached to an aromatic ring is 2. The lowest BCUT2D eigenvalue weighted by atomic mass is 10.1. The van der Waals surface area contributed by atoms with E-state index < -0.39 is 0 Å². The molecule has 1 aromatic carbocycles. The average Bonchev–Trinajstić information content (AvgIpc) is 2.27. The molecule has 0 aliphatic carbocycles. The molecule has 0 saturated heterocycles. The fraction of sp³-hybridized carbons (Fsp3) is 0.167. The summed E-state index contributed by atoms with van der Waals surface area (Å²) >= 11 is 1.39. The number of anilines is 2. The SMILES string of the molecule is Cc1cc(Sc2nc(N)cc(N)n2)ccc1CO. The van der Waals surface area contributed by atoms with Crippen molar-refractivity contribution in [3.8, 4) is 0 Å². The van der Waals surface area contributed by atoms with E-state index in [9.17, 15) is 0 Å². The average molecular weight is 262 g/mol. The summed E-state index contributed by atoms with van der Waals surface area (Å²) in [4.78, 5) is 9.18. The van der Waals surface area contributed by atoms with Crippen LogP contribution in [0.25, 0.3) is 0 Å². The lowest BCUT2D eigenvalue weighted by Crippen LogP contribution is -1.99. The van der Waals surface area contributed by atoms with Crippen LogP contribution in [0.15, 0.2) is 34.3 Å². The van der Waals surface area contributed by atoms with Crippen molar-refractivity contribution in [3.63, 3.8) is 0 Å². The van der Waals surface area contributed by atoms with E-state index in [1.807, 2.05) is 25.1 Å². The zero-order valence-corrected chi connectivity index (χ0v) is 10.7. The Kier molecular flexibility index (Phi) is 3.69. The summed E-state index contributed by atoms with van der Waals surface area (Å²) in [5.74, 6) is 0.711. The Morgan fingerprint density at radius 2 is 1.83 bits per heavy atom. The van der Waals surface area contributed by atoms with Crippen molar-refractivity contribution in [2.75, 3.05) is 11.5 Å². The van der Waals surface area contributed by atoms with Crippen LogP contribution in [0.5, 0.6) is 0 Å². The molecule has 0 saturated carbocycles. The van der Waals surface area contributed by atoms with Crippen LogP contribution in [0.2, 0.25) is 0 Å². The number of benzene rings is 1. The topological polar surface area (TPSA) is 98.0 Å². The molecule has 0 radical (unpaired) electrons. The quantitative estimate of drug-likeness (QED) is 0.727. The Balaban J connectivity index is 2.25. The van der Waals surface area contributed by atoms with Crippen LogP contribution >= 0.6 is 11.8 Å². The summed E-state index contributed by atoms with van der Waals surface area (Å²) in [6.45, 7) is 1.99. The lowest BCUT2D eigenvalue weighted by molar-refractivity contribution is 0.281. The minimum Gasteiger partial charge on any atom is -0.392 e. The maximum atomic E-state index is 9.11. The number of aryl methyl sites for hydroxylation is 1. The molecule has 18 heavy (non-hydrogen) atoms. The molecule has 0 aliphatic rings. The van der Waals surface area contributed by atoms with Crippen LogP contribution in [0.3, 0.4) is 0 Å². The first-order chi connectivity index (χ1) is 8.58. The van der Waals surface area contributed by atoms with Gasteiger partial charge in [-0.3, -0.25) is 0 Å². The van der Waals surface area contributed by atoms with Gasteiger partial charge in [0.2, 0.25) is 0 Å². The Hall–Kier alpha value is -1.79. The van der Waals surface area contributed by atoms with Gasteiger partial charge in [-0.05, 0) is 41.9 Å². The van der Waals surface area contributed by atoms with Crippen molar-refractivity contribution in [1.82, 2.24) is 9.97 Å². The number of nitrogens with zero attached hydrogens (tertiary/aromatic N) is 2. The lowest BCUT2D eigenvalue weighted by Gasteiger charge is -2.06. The number of aliphatic hydroxyl groups excluding tert-OH is 1. The molecule has 1 aromatic heterocycles. The van der Waals surface area contributed by atoms with Gasteiger partial charge in [-0.15, -0.1) is 0 Å². The number of hydrogen-bond acceptors (Lipinski definition) is 6. The summed E-state index contributed by atoms with van der Waals surface area (Å²) in [5.41, 5.74) is 13.2. The van der Waals surface area contributed by atoms with Gasteiger partial charge >= 0.3 is 0 Å². The van der Waals surface area contributed by atoms with Crippen LogP contribution in [0, 0.1) is 6.92 Å². The first kappa shape index (κ1) is 12.7. The molecule has 6 heteroatoms. The maximum absolute atomic E-state index is 9.11. The number of aliphatic hydroxyl groups is 1. The molecule has 1 heterocycles. The van der Waals surface area contributed by atoms with Crippen LogP contribution in [-0.4, -0.2) is 15.1 Å². The minimum absolute atomic E-state index is 0.0402. The molecule has 94 valence electrons. The van der Waals surface area contributed by atoms with E-state index in [4.69, 9.17) is 16.6 Å². The first-order valence-corrected chi connectivity index (χ1v) is 6.18. The van der Waals surface area contributed by atoms with Gasteiger partial charge in [0.25, 0.3) is 0 Å². The second kappa shape index (κ2) is 5.24. The van der Waals surface area contributed by atoms with Gasteiger partial charge in [0.05, 0.1) is 6.61 Å². The van der Waals surface area contributed by atoms with Crippen LogP contribution in [-0.2, 0) is 6.61 Å². The van der Waals surface area contributed by atoms with E-state index in [0.29, 0.717) is 16.8 Å². The van der Waals surface area contributed by atoms with E-state index in [1.165, 1.54) is 17.8 Å². The highest BCUT2D eigenvalue weighted by atomic mass is 32.2. The third-order valence-electron chi connectivity index (χ3n) is 2.44. The molecular formula is C12H14N4OS. The molecule has 0 spiro atoms. The molecule has 0 fully saturated rings. The Morgan fingerprint density at radius 3 is 2.39 bits per heavy atom. The summed E-state index contributed by atoms with van der Waals surface area (Å²) in [6.07, 6.45) is 0. The van der Waals surface area contributed by atoms with Crippen molar-refractivity contribution in [2.45, 2.75) is 23.6 Å². The highest BCUT2D eigenvalue weighted by Gasteiger charge is 2.05. The van der Waals surface area contributed by atoms with E-state index >= 15 is 0 Å². The van der Waals surface area contributed by atoms with Gasteiger partial charge in [-0.1, -0.05) is 6.07 Å². The Morgan fingerprint density at radius 1 is 1.17 bits per heavy atom. The van der Waals surface area contributed by atoms with Crippen LogP contribution in [0.1, 0.15) is 11.1 Å². The first-order valence-electron chi connectivity index (χ1n) is 5.37. The van der Waals surface area contributed by atoms with Gasteiger partial charge in [0, 0.05) is 11.0 Å². The molecule has 0 aliphatic heterocycles. The van der Waals surface area contributed by atoms with Gasteiger partial charge in [0.15, 0.2) is 5.16 Å². The highest BCUT2D eigenvalue weighted by molar-refractivity contribution is 7.99. The third kappa shape index (κ3) is 2.91. The largest absolute Gasteiger partial charge is 0.392 e. The number of rotatable bonds is 3. The molecule has 0 atom stereocenters. The fourth-order valence-electron chi connectivity index (χ4n) is 1.52. The third-order valence-corrected chi connectivity index (χ3v) is 3.29. The molecule has 5 N–H and O–H groups in total. The monoisotopic (exact) mass is 262 g/mol. The van der Waals surface area contributed by atoms with Crippen molar-refractivity contribution in [2.24, 2.45) is 0 Å². The van der Waals surface area contributed by atoms with E-state index in [1.54, 1.807) is 0 Å². The van der Waals surface area contributed by atoms with Crippen LogP contribution < -0.4 is 11.5 Å². The number of nitrogens with two attached hydrogens (primary N) is 2. The number of aromatic nitrogens is 2. The summed E-state index contributed by atoms with van der Waals surface area (Å²) in [5, 5.41) is 9.62. The van der Waals surface area contributed by atoms with Crippen molar-refractivity contribution in [1.29, 1.82) is 0 Å². The summed E-state index contributed by atoms with van der Waals surface area (Å²) in [6, 6.07) is 7.28. The fourth-order valence-corrected chi connectivity index (χ4v) is 2.41. The van der Waals surface area contributed by atoms with Crippen LogP contribution in [0.4, 0.5) is 11.6 Å². The standard InChI is InChI=1S/C12H14N4OS/c1-7-4-9(3-2-8(7)6-17)18-12-15-10(13)5-11(14)16-12/h2-5,17H,6H2,1H3,(H4,13,14,15,16). The van der Waals surface area contributed by atoms with Crippen molar-refractivity contribution in [3.05, 3.63) is 35.4 Å². The maximum Gasteiger partial charge on any atom is 0.196 e. The van der Waals surface area contributed by atoms with Gasteiger partial charge < -0.3 is 16.6 Å². The molecule has 2 rings (SSSR count). The second-order valence-corrected chi connectivity index (χ2v) is 4.89. The molecule has 0 amide bonds. The zero-order valence-electron chi connectivity index (χ0n) is 9.92. The Labute approximate surface area is 109 Å². The summed E-state index contributed by atoms with van der Waals surface area (Å²) < 4.78 is 0. The Bertz CT molecular complexity index is 554. The predicted molar refractivity (Wildman–Crippen MR) is 72.1 cm³/mol. The van der Waals surface area contributed by atoms with E-state index in [2.05, 4.69) is 9.97 Å². The smallest absolute Gasteiger partial charge is 0.196 e. The van der Waals surface area contributed by atoms with Crippen molar-refractivity contribution >= 4 is 23.4 Å². The highest BCUT2D eigenvalue weighted by Crippen LogP contribution is 2.27. The van der Waals surface area contributed by atoms with E-state index in [0.717, 1.165) is 16.0 Å².